The zero-order chi connectivity index (χ0) is 11.8. The summed E-state index contributed by atoms with van der Waals surface area (Å²) in [5, 5.41) is 0. The van der Waals surface area contributed by atoms with E-state index in [-0.39, 0.29) is 12.0 Å². The monoisotopic (exact) mass is 233 g/mol. The number of ether oxygens (including phenoxy) is 1. The van der Waals surface area contributed by atoms with Crippen molar-refractivity contribution in [3.63, 3.8) is 0 Å². The first-order valence-electron chi connectivity index (χ1n) is 5.45. The molecule has 0 aliphatic heterocycles. The van der Waals surface area contributed by atoms with Gasteiger partial charge in [-0.25, -0.2) is 0 Å². The van der Waals surface area contributed by atoms with E-state index in [0.717, 1.165) is 12.2 Å². The van der Waals surface area contributed by atoms with Crippen LogP contribution in [0.5, 0.6) is 0 Å². The molecule has 0 saturated carbocycles. The lowest BCUT2D eigenvalue weighted by Crippen LogP contribution is -2.44. The number of likely N-dealkylation sites (N-methyl/N-ethyl adjacent to an activating group) is 1. The summed E-state index contributed by atoms with van der Waals surface area (Å²) < 4.78 is 5.01. The van der Waals surface area contributed by atoms with Gasteiger partial charge >= 0.3 is 5.97 Å². The fourth-order valence-electron chi connectivity index (χ4n) is 1.46. The second kappa shape index (κ2) is 7.99. The largest absolute Gasteiger partial charge is 0.465 e. The number of thioether (sulfide) groups is 1. The summed E-state index contributed by atoms with van der Waals surface area (Å²) in [5.41, 5.74) is 0. The van der Waals surface area contributed by atoms with Gasteiger partial charge in [0.1, 0.15) is 6.04 Å². The fraction of sp³-hybridized carbons (Fsp3) is 0.909. The van der Waals surface area contributed by atoms with Crippen LogP contribution in [0.3, 0.4) is 0 Å². The van der Waals surface area contributed by atoms with Crippen LogP contribution in [0, 0.1) is 0 Å². The third kappa shape index (κ3) is 4.89. The van der Waals surface area contributed by atoms with E-state index in [1.54, 1.807) is 0 Å². The lowest BCUT2D eigenvalue weighted by Gasteiger charge is -2.30. The number of carbonyl (C=O) groups is 1. The van der Waals surface area contributed by atoms with Crippen molar-refractivity contribution in [2.24, 2.45) is 0 Å². The van der Waals surface area contributed by atoms with Crippen molar-refractivity contribution in [3.8, 4) is 0 Å². The molecule has 0 heterocycles. The van der Waals surface area contributed by atoms with Crippen molar-refractivity contribution in [1.29, 1.82) is 0 Å². The Kier molecular flexibility index (Phi) is 7.88. The summed E-state index contributed by atoms with van der Waals surface area (Å²) in [6.45, 7) is 6.34. The van der Waals surface area contributed by atoms with Crippen molar-refractivity contribution in [1.82, 2.24) is 4.90 Å². The number of hydrogen-bond acceptors (Lipinski definition) is 4. The highest BCUT2D eigenvalue weighted by atomic mass is 32.2. The van der Waals surface area contributed by atoms with Gasteiger partial charge in [-0.2, -0.15) is 11.8 Å². The third-order valence-electron chi connectivity index (χ3n) is 2.64. The van der Waals surface area contributed by atoms with Gasteiger partial charge in [-0.15, -0.1) is 0 Å². The van der Waals surface area contributed by atoms with Crippen molar-refractivity contribution in [3.05, 3.63) is 0 Å². The van der Waals surface area contributed by atoms with E-state index in [1.807, 2.05) is 32.7 Å². The molecule has 0 aromatic rings. The molecule has 4 heteroatoms. The SMILES string of the molecule is CCOC(=O)C(C)N(C)C(CC)CSC. The van der Waals surface area contributed by atoms with Crippen LogP contribution in [-0.4, -0.2) is 48.6 Å². The first-order chi connectivity index (χ1) is 7.08. The molecular formula is C11H23NO2S. The van der Waals surface area contributed by atoms with Crippen LogP contribution in [0.25, 0.3) is 0 Å². The summed E-state index contributed by atoms with van der Waals surface area (Å²) in [6, 6.07) is 0.293. The Morgan fingerprint density at radius 1 is 1.47 bits per heavy atom. The smallest absolute Gasteiger partial charge is 0.323 e. The average molecular weight is 233 g/mol. The van der Waals surface area contributed by atoms with E-state index in [4.69, 9.17) is 4.74 Å². The van der Waals surface area contributed by atoms with E-state index < -0.39 is 0 Å². The molecule has 0 N–H and O–H groups in total. The summed E-state index contributed by atoms with van der Waals surface area (Å²) in [4.78, 5) is 13.6. The van der Waals surface area contributed by atoms with Gasteiger partial charge in [-0.1, -0.05) is 6.92 Å². The molecular weight excluding hydrogens is 210 g/mol. The van der Waals surface area contributed by atoms with E-state index >= 15 is 0 Å². The van der Waals surface area contributed by atoms with Crippen LogP contribution in [0.4, 0.5) is 0 Å². The molecule has 0 radical (unpaired) electrons. The molecule has 0 spiro atoms. The Bertz CT molecular complexity index is 187. The lowest BCUT2D eigenvalue weighted by atomic mass is 10.2. The van der Waals surface area contributed by atoms with Crippen LogP contribution in [0.15, 0.2) is 0 Å². The maximum Gasteiger partial charge on any atom is 0.323 e. The van der Waals surface area contributed by atoms with Crippen LogP contribution in [0.2, 0.25) is 0 Å². The Labute approximate surface area is 97.5 Å². The Balaban J connectivity index is 4.25. The number of carbonyl (C=O) groups excluding carboxylic acids is 1. The summed E-state index contributed by atoms with van der Waals surface area (Å²) >= 11 is 1.81. The zero-order valence-electron chi connectivity index (χ0n) is 10.4. The highest BCUT2D eigenvalue weighted by Crippen LogP contribution is 2.12. The van der Waals surface area contributed by atoms with Crippen LogP contribution in [0.1, 0.15) is 27.2 Å². The molecule has 2 atom stereocenters. The lowest BCUT2D eigenvalue weighted by molar-refractivity contribution is -0.149. The van der Waals surface area contributed by atoms with Gasteiger partial charge in [0.05, 0.1) is 6.61 Å². The Morgan fingerprint density at radius 3 is 2.47 bits per heavy atom. The van der Waals surface area contributed by atoms with Crippen LogP contribution < -0.4 is 0 Å². The van der Waals surface area contributed by atoms with Gasteiger partial charge in [0.2, 0.25) is 0 Å². The van der Waals surface area contributed by atoms with Gasteiger partial charge in [0, 0.05) is 11.8 Å². The summed E-state index contributed by atoms with van der Waals surface area (Å²) in [6.07, 6.45) is 3.15. The Morgan fingerprint density at radius 2 is 2.07 bits per heavy atom. The quantitative estimate of drug-likeness (QED) is 0.629. The van der Waals surface area contributed by atoms with Crippen LogP contribution in [-0.2, 0) is 9.53 Å². The number of esters is 1. The van der Waals surface area contributed by atoms with E-state index in [0.29, 0.717) is 12.6 Å². The summed E-state index contributed by atoms with van der Waals surface area (Å²) in [7, 11) is 1.99. The minimum absolute atomic E-state index is 0.125. The predicted octanol–water partition coefficient (Wildman–Crippen LogP) is 2.01. The van der Waals surface area contributed by atoms with E-state index in [9.17, 15) is 4.79 Å². The van der Waals surface area contributed by atoms with Gasteiger partial charge in [-0.05, 0) is 33.6 Å². The fourth-order valence-corrected chi connectivity index (χ4v) is 2.32. The first-order valence-corrected chi connectivity index (χ1v) is 6.85. The molecule has 3 nitrogen and oxygen atoms in total. The van der Waals surface area contributed by atoms with Gasteiger partial charge in [0.15, 0.2) is 0 Å². The van der Waals surface area contributed by atoms with E-state index in [1.165, 1.54) is 0 Å². The van der Waals surface area contributed by atoms with Crippen molar-refractivity contribution in [2.75, 3.05) is 25.7 Å². The standard InChI is InChI=1S/C11H23NO2S/c1-6-10(8-15-5)12(4)9(3)11(13)14-7-2/h9-10H,6-8H2,1-5H3. The van der Waals surface area contributed by atoms with Crippen molar-refractivity contribution < 1.29 is 9.53 Å². The Hall–Kier alpha value is -0.220. The maximum absolute atomic E-state index is 11.5. The molecule has 0 bridgehead atoms. The second-order valence-electron chi connectivity index (χ2n) is 3.61. The molecule has 0 saturated heterocycles. The number of rotatable bonds is 7. The highest BCUT2D eigenvalue weighted by molar-refractivity contribution is 7.98. The minimum atomic E-state index is -0.151. The molecule has 90 valence electrons. The molecule has 0 aliphatic rings. The van der Waals surface area contributed by atoms with Gasteiger partial charge in [-0.3, -0.25) is 9.69 Å². The normalized spacial score (nSPS) is 15.1. The topological polar surface area (TPSA) is 29.5 Å². The molecule has 0 rings (SSSR count). The molecule has 0 amide bonds. The maximum atomic E-state index is 11.5. The number of nitrogens with zero attached hydrogens (tertiary/aromatic N) is 1. The minimum Gasteiger partial charge on any atom is -0.465 e. The van der Waals surface area contributed by atoms with Crippen LogP contribution >= 0.6 is 11.8 Å². The second-order valence-corrected chi connectivity index (χ2v) is 4.52. The first kappa shape index (κ1) is 14.8. The van der Waals surface area contributed by atoms with E-state index in [2.05, 4.69) is 18.1 Å². The van der Waals surface area contributed by atoms with Gasteiger partial charge in [0.25, 0.3) is 0 Å². The predicted molar refractivity (Wildman–Crippen MR) is 66.3 cm³/mol. The molecule has 0 fully saturated rings. The molecule has 2 unspecified atom stereocenters. The number of hydrogen-bond donors (Lipinski definition) is 0. The average Bonchev–Trinajstić information content (AvgIpc) is 2.24. The summed E-state index contributed by atoms with van der Waals surface area (Å²) in [5.74, 6) is 0.927. The molecule has 0 aromatic heterocycles. The molecule has 15 heavy (non-hydrogen) atoms. The van der Waals surface area contributed by atoms with Gasteiger partial charge < -0.3 is 4.74 Å². The van der Waals surface area contributed by atoms with Crippen molar-refractivity contribution in [2.45, 2.75) is 39.3 Å². The van der Waals surface area contributed by atoms with Crippen molar-refractivity contribution >= 4 is 17.7 Å². The third-order valence-corrected chi connectivity index (χ3v) is 3.36. The molecule has 0 aliphatic carbocycles. The zero-order valence-corrected chi connectivity index (χ0v) is 11.3. The highest BCUT2D eigenvalue weighted by Gasteiger charge is 2.24. The molecule has 0 aromatic carbocycles.